The first-order valence-electron chi connectivity index (χ1n) is 10.8. The van der Waals surface area contributed by atoms with Crippen LogP contribution in [0.1, 0.15) is 12.5 Å². The van der Waals surface area contributed by atoms with Crippen LogP contribution in [0, 0.1) is 0 Å². The van der Waals surface area contributed by atoms with Crippen molar-refractivity contribution in [2.24, 2.45) is 5.73 Å². The molecular weight excluding hydrogens is 434 g/mol. The van der Waals surface area contributed by atoms with Crippen LogP contribution in [0.15, 0.2) is 66.7 Å². The van der Waals surface area contributed by atoms with E-state index in [-0.39, 0.29) is 11.9 Å². The summed E-state index contributed by atoms with van der Waals surface area (Å²) in [7, 11) is 1.62. The molecule has 0 aliphatic rings. The molecule has 0 saturated heterocycles. The molecule has 33 heavy (non-hydrogen) atoms. The molecule has 0 aliphatic carbocycles. The summed E-state index contributed by atoms with van der Waals surface area (Å²) in [6, 6.07) is 20.8. The molecule has 5 N–H and O–H groups in total. The van der Waals surface area contributed by atoms with Crippen LogP contribution in [0.2, 0.25) is 0 Å². The topological polar surface area (TPSA) is 101 Å². The van der Waals surface area contributed by atoms with Crippen LogP contribution in [-0.2, 0) is 11.3 Å². The van der Waals surface area contributed by atoms with Gasteiger partial charge in [0.05, 0.1) is 18.5 Å². The summed E-state index contributed by atoms with van der Waals surface area (Å²) in [6.07, 6.45) is 0. The van der Waals surface area contributed by atoms with E-state index in [1.54, 1.807) is 14.0 Å². The highest BCUT2D eigenvalue weighted by Gasteiger charge is 2.17. The fraction of sp³-hybridized carbons (Fsp3) is 0.280. The van der Waals surface area contributed by atoms with Gasteiger partial charge in [0.1, 0.15) is 11.8 Å². The second kappa shape index (κ2) is 12.1. The molecule has 0 aliphatic heterocycles. The number of nitrogens with two attached hydrogens (primary N) is 1. The molecule has 174 valence electrons. The van der Waals surface area contributed by atoms with Crippen LogP contribution in [0.3, 0.4) is 0 Å². The number of para-hydroxylation sites is 1. The van der Waals surface area contributed by atoms with E-state index in [0.717, 1.165) is 28.3 Å². The van der Waals surface area contributed by atoms with Crippen LogP contribution in [0.25, 0.3) is 11.3 Å². The zero-order valence-corrected chi connectivity index (χ0v) is 19.8. The summed E-state index contributed by atoms with van der Waals surface area (Å²) in [5.41, 5.74) is 9.49. The molecule has 0 spiro atoms. The predicted octanol–water partition coefficient (Wildman–Crippen LogP) is 3.54. The largest absolute Gasteiger partial charge is 0.496 e. The van der Waals surface area contributed by atoms with Gasteiger partial charge in [0, 0.05) is 36.0 Å². The normalized spacial score (nSPS) is 12.5. The van der Waals surface area contributed by atoms with Crippen molar-refractivity contribution in [3.05, 3.63) is 72.3 Å². The van der Waals surface area contributed by atoms with E-state index in [2.05, 4.69) is 28.6 Å². The molecule has 7 nitrogen and oxygen atoms in total. The minimum Gasteiger partial charge on any atom is -0.496 e. The molecule has 0 fully saturated rings. The lowest BCUT2D eigenvalue weighted by atomic mass is 10.1. The first-order chi connectivity index (χ1) is 16.0. The standard InChI is InChI=1S/C25H31N5O2S/c1-17(25(31)28-14-19-10-6-7-11-23(19)32-2)29-24-22(27-15-20(26)16-33)13-12-21(30-24)18-8-4-3-5-9-18/h3-13,17,20,27,33H,14-16,26H2,1-2H3,(H,28,31)(H,29,30)/t17-,20?/m1/s1. The number of carbonyl (C=O) groups is 1. The fourth-order valence-corrected chi connectivity index (χ4v) is 3.37. The van der Waals surface area contributed by atoms with Crippen LogP contribution >= 0.6 is 12.6 Å². The molecule has 0 saturated carbocycles. The molecule has 1 amide bonds. The maximum Gasteiger partial charge on any atom is 0.242 e. The van der Waals surface area contributed by atoms with Crippen molar-refractivity contribution in [1.82, 2.24) is 10.3 Å². The number of hydrogen-bond donors (Lipinski definition) is 5. The lowest BCUT2D eigenvalue weighted by Gasteiger charge is -2.20. The number of pyridine rings is 1. The third kappa shape index (κ3) is 6.87. The molecule has 3 aromatic rings. The van der Waals surface area contributed by atoms with Crippen LogP contribution < -0.4 is 26.4 Å². The van der Waals surface area contributed by atoms with E-state index in [0.29, 0.717) is 24.7 Å². The molecule has 1 aromatic heterocycles. The Morgan fingerprint density at radius 1 is 1.09 bits per heavy atom. The van der Waals surface area contributed by atoms with E-state index in [1.807, 2.05) is 66.7 Å². The summed E-state index contributed by atoms with van der Waals surface area (Å²) in [5.74, 6) is 1.74. The zero-order valence-electron chi connectivity index (χ0n) is 18.9. The highest BCUT2D eigenvalue weighted by Crippen LogP contribution is 2.26. The van der Waals surface area contributed by atoms with Crippen LogP contribution in [-0.4, -0.2) is 42.4 Å². The molecule has 8 heteroatoms. The Labute approximate surface area is 200 Å². The highest BCUT2D eigenvalue weighted by atomic mass is 32.1. The maximum atomic E-state index is 12.8. The minimum absolute atomic E-state index is 0.100. The monoisotopic (exact) mass is 465 g/mol. The van der Waals surface area contributed by atoms with E-state index in [4.69, 9.17) is 15.5 Å². The summed E-state index contributed by atoms with van der Waals surface area (Å²) in [4.78, 5) is 17.6. The Balaban J connectivity index is 1.74. The van der Waals surface area contributed by atoms with Gasteiger partial charge in [-0.2, -0.15) is 12.6 Å². The Morgan fingerprint density at radius 3 is 2.55 bits per heavy atom. The molecule has 1 unspecified atom stereocenters. The lowest BCUT2D eigenvalue weighted by molar-refractivity contribution is -0.121. The van der Waals surface area contributed by atoms with Crippen molar-refractivity contribution in [2.75, 3.05) is 30.0 Å². The number of ether oxygens (including phenoxy) is 1. The summed E-state index contributed by atoms with van der Waals surface area (Å²) in [6.45, 7) is 2.71. The van der Waals surface area contributed by atoms with Crippen molar-refractivity contribution in [3.63, 3.8) is 0 Å². The molecular formula is C25H31N5O2S. The summed E-state index contributed by atoms with van der Waals surface area (Å²) < 4.78 is 5.36. The van der Waals surface area contributed by atoms with E-state index >= 15 is 0 Å². The van der Waals surface area contributed by atoms with Gasteiger partial charge in [-0.3, -0.25) is 4.79 Å². The molecule has 0 bridgehead atoms. The lowest BCUT2D eigenvalue weighted by Crippen LogP contribution is -2.37. The number of nitrogens with one attached hydrogen (secondary N) is 3. The Bertz CT molecular complexity index is 1050. The second-order valence-electron chi connectivity index (χ2n) is 7.68. The molecule has 2 atom stereocenters. The van der Waals surface area contributed by atoms with Gasteiger partial charge in [0.25, 0.3) is 0 Å². The molecule has 1 heterocycles. The number of nitrogens with zero attached hydrogens (tertiary/aromatic N) is 1. The molecule has 3 rings (SSSR count). The first-order valence-corrected chi connectivity index (χ1v) is 11.5. The number of aromatic nitrogens is 1. The van der Waals surface area contributed by atoms with Gasteiger partial charge in [0.15, 0.2) is 5.82 Å². The predicted molar refractivity (Wildman–Crippen MR) is 138 cm³/mol. The fourth-order valence-electron chi connectivity index (χ4n) is 3.24. The third-order valence-corrected chi connectivity index (χ3v) is 5.62. The number of methoxy groups -OCH3 is 1. The average molecular weight is 466 g/mol. The number of carbonyl (C=O) groups excluding carboxylic acids is 1. The summed E-state index contributed by atoms with van der Waals surface area (Å²) >= 11 is 4.24. The van der Waals surface area contributed by atoms with Gasteiger partial charge in [-0.25, -0.2) is 4.98 Å². The molecule has 0 radical (unpaired) electrons. The average Bonchev–Trinajstić information content (AvgIpc) is 2.86. The highest BCUT2D eigenvalue weighted by molar-refractivity contribution is 7.80. The Kier molecular flexibility index (Phi) is 8.97. The Morgan fingerprint density at radius 2 is 1.82 bits per heavy atom. The first kappa shape index (κ1) is 24.4. The summed E-state index contributed by atoms with van der Waals surface area (Å²) in [5, 5.41) is 9.52. The van der Waals surface area contributed by atoms with E-state index < -0.39 is 6.04 Å². The van der Waals surface area contributed by atoms with Gasteiger partial charge in [0.2, 0.25) is 5.91 Å². The number of anilines is 2. The molecule has 2 aromatic carbocycles. The third-order valence-electron chi connectivity index (χ3n) is 5.15. The van der Waals surface area contributed by atoms with Gasteiger partial charge in [-0.15, -0.1) is 0 Å². The minimum atomic E-state index is -0.516. The van der Waals surface area contributed by atoms with Crippen molar-refractivity contribution in [2.45, 2.75) is 25.6 Å². The van der Waals surface area contributed by atoms with Crippen molar-refractivity contribution >= 4 is 30.0 Å². The number of thiol groups is 1. The smallest absolute Gasteiger partial charge is 0.242 e. The van der Waals surface area contributed by atoms with Gasteiger partial charge in [-0.05, 0) is 25.1 Å². The number of hydrogen-bond acceptors (Lipinski definition) is 7. The van der Waals surface area contributed by atoms with Crippen LogP contribution in [0.4, 0.5) is 11.5 Å². The number of amides is 1. The van der Waals surface area contributed by atoms with E-state index in [9.17, 15) is 4.79 Å². The van der Waals surface area contributed by atoms with Gasteiger partial charge in [-0.1, -0.05) is 48.5 Å². The number of benzene rings is 2. The van der Waals surface area contributed by atoms with Crippen molar-refractivity contribution in [3.8, 4) is 17.0 Å². The van der Waals surface area contributed by atoms with Crippen molar-refractivity contribution in [1.29, 1.82) is 0 Å². The maximum absolute atomic E-state index is 12.8. The SMILES string of the molecule is COc1ccccc1CNC(=O)[C@@H](C)Nc1nc(-c2ccccc2)ccc1NCC(N)CS. The number of rotatable bonds is 11. The van der Waals surface area contributed by atoms with Gasteiger partial charge >= 0.3 is 0 Å². The van der Waals surface area contributed by atoms with E-state index in [1.165, 1.54) is 0 Å². The van der Waals surface area contributed by atoms with Crippen molar-refractivity contribution < 1.29 is 9.53 Å². The Hall–Kier alpha value is -3.23. The van der Waals surface area contributed by atoms with Crippen LogP contribution in [0.5, 0.6) is 5.75 Å². The van der Waals surface area contributed by atoms with Gasteiger partial charge < -0.3 is 26.4 Å². The quantitative estimate of drug-likeness (QED) is 0.278. The second-order valence-corrected chi connectivity index (χ2v) is 8.04. The zero-order chi connectivity index (χ0) is 23.6.